The van der Waals surface area contributed by atoms with Gasteiger partial charge in [-0.25, -0.2) is 9.78 Å². The quantitative estimate of drug-likeness (QED) is 0.258. The number of carbonyl (C=O) groups is 2. The number of nitrogens with one attached hydrogen (secondary N) is 1. The molecule has 0 bridgehead atoms. The summed E-state index contributed by atoms with van der Waals surface area (Å²) in [5, 5.41) is 4.68. The fourth-order valence-corrected chi connectivity index (χ4v) is 5.12. The Bertz CT molecular complexity index is 1540. The lowest BCUT2D eigenvalue weighted by atomic mass is 9.89. The van der Waals surface area contributed by atoms with Crippen LogP contribution in [0.15, 0.2) is 59.0 Å². The number of rotatable bonds is 4. The van der Waals surface area contributed by atoms with E-state index in [4.69, 9.17) is 32.6 Å². The fraction of sp³-hybridized carbons (Fsp3) is 0.300. The molecule has 0 saturated carbocycles. The first kappa shape index (κ1) is 26.3. The number of benzene rings is 2. The minimum Gasteiger partial charge on any atom is -0.432 e. The van der Waals surface area contributed by atoms with Crippen molar-refractivity contribution in [2.24, 2.45) is 5.41 Å². The van der Waals surface area contributed by atoms with Crippen molar-refractivity contribution in [3.05, 3.63) is 70.4 Å². The number of carbonyl (C=O) groups excluding carboxylic acids is 2. The Balaban J connectivity index is 1.76. The van der Waals surface area contributed by atoms with Gasteiger partial charge in [-0.15, -0.1) is 0 Å². The van der Waals surface area contributed by atoms with E-state index in [0.29, 0.717) is 33.4 Å². The second-order valence-electron chi connectivity index (χ2n) is 10.7. The summed E-state index contributed by atoms with van der Waals surface area (Å²) in [6.07, 6.45) is 1.88. The number of Topliss-reactive ketones (excluding diaryl/α,β-unsaturated/α-hetero) is 1. The summed E-state index contributed by atoms with van der Waals surface area (Å²) in [4.78, 5) is 33.5. The lowest BCUT2D eigenvalue weighted by Gasteiger charge is -2.22. The van der Waals surface area contributed by atoms with Gasteiger partial charge in [0.15, 0.2) is 5.76 Å². The molecule has 4 aromatic rings. The Labute approximate surface area is 231 Å². The monoisotopic (exact) mass is 549 g/mol. The van der Waals surface area contributed by atoms with Crippen LogP contribution in [0.5, 0.6) is 0 Å². The van der Waals surface area contributed by atoms with Crippen LogP contribution in [0, 0.1) is 5.41 Å². The number of halogens is 2. The Morgan fingerprint density at radius 3 is 2.39 bits per heavy atom. The number of amides is 2. The third kappa shape index (κ3) is 4.91. The minimum atomic E-state index is -0.737. The number of furan rings is 1. The van der Waals surface area contributed by atoms with Crippen molar-refractivity contribution in [2.75, 3.05) is 11.9 Å². The highest BCUT2D eigenvalue weighted by Gasteiger charge is 2.34. The zero-order valence-electron chi connectivity index (χ0n) is 21.8. The fourth-order valence-electron chi connectivity index (χ4n) is 4.77. The molecule has 1 aliphatic rings. The highest BCUT2D eigenvalue weighted by Crippen LogP contribution is 2.42. The number of hydrogen-bond donors (Lipinski definition) is 1. The normalized spacial score (nSPS) is 15.7. The summed E-state index contributed by atoms with van der Waals surface area (Å²) in [5.74, 6) is -0.147. The van der Waals surface area contributed by atoms with Crippen molar-refractivity contribution in [1.29, 1.82) is 0 Å². The molecule has 3 heterocycles. The zero-order valence-corrected chi connectivity index (χ0v) is 23.3. The number of hydrogen-bond acceptors (Lipinski definition) is 4. The summed E-state index contributed by atoms with van der Waals surface area (Å²) in [5.41, 5.74) is 2.78. The van der Waals surface area contributed by atoms with Gasteiger partial charge in [-0.2, -0.15) is 0 Å². The van der Waals surface area contributed by atoms with E-state index in [1.165, 1.54) is 0 Å². The zero-order chi connectivity index (χ0) is 27.2. The maximum atomic E-state index is 13.5. The van der Waals surface area contributed by atoms with Gasteiger partial charge in [0, 0.05) is 39.2 Å². The van der Waals surface area contributed by atoms with Crippen molar-refractivity contribution >= 4 is 51.8 Å². The molecule has 1 aliphatic heterocycles. The number of urea groups is 1. The summed E-state index contributed by atoms with van der Waals surface area (Å²) < 4.78 is 6.13. The van der Waals surface area contributed by atoms with Gasteiger partial charge in [0.2, 0.25) is 11.5 Å². The van der Waals surface area contributed by atoms with Crippen LogP contribution in [0.4, 0.5) is 10.5 Å². The molecule has 1 atom stereocenters. The predicted octanol–water partition coefficient (Wildman–Crippen LogP) is 8.71. The predicted molar refractivity (Wildman–Crippen MR) is 153 cm³/mol. The Morgan fingerprint density at radius 1 is 1.05 bits per heavy atom. The third-order valence-corrected chi connectivity index (χ3v) is 7.48. The Morgan fingerprint density at radius 2 is 1.76 bits per heavy atom. The van der Waals surface area contributed by atoms with Crippen LogP contribution in [0.2, 0.25) is 10.0 Å². The van der Waals surface area contributed by atoms with Gasteiger partial charge in [0.05, 0.1) is 11.1 Å². The molecule has 6 nitrogen and oxygen atoms in total. The standard InChI is InChI=1S/C30H29Cl2N3O3/c1-17-8-7-15-35(17)29(37)34-25-22-16-21(18-11-13-19(31)14-12-18)24(20-9-5-6-10-23(20)32)33-28(22)38-26(25)27(36)30(2,3)4/h5-6,9-14,16-17H,7-8,15H2,1-4H3,(H,34,37)/t17-/m1/s1. The van der Waals surface area contributed by atoms with E-state index >= 15 is 0 Å². The van der Waals surface area contributed by atoms with E-state index in [0.717, 1.165) is 29.5 Å². The van der Waals surface area contributed by atoms with Crippen LogP contribution in [0.25, 0.3) is 33.5 Å². The van der Waals surface area contributed by atoms with Crippen molar-refractivity contribution in [2.45, 2.75) is 46.6 Å². The van der Waals surface area contributed by atoms with E-state index in [1.54, 1.807) is 23.1 Å². The lowest BCUT2D eigenvalue weighted by Crippen LogP contribution is -2.37. The van der Waals surface area contributed by atoms with Crippen LogP contribution in [0.3, 0.4) is 0 Å². The van der Waals surface area contributed by atoms with E-state index in [1.807, 2.05) is 64.1 Å². The largest absolute Gasteiger partial charge is 0.432 e. The molecule has 196 valence electrons. The molecule has 1 N–H and O–H groups in total. The molecule has 0 radical (unpaired) electrons. The minimum absolute atomic E-state index is 0.0820. The summed E-state index contributed by atoms with van der Waals surface area (Å²) >= 11 is 12.8. The number of pyridine rings is 1. The van der Waals surface area contributed by atoms with Gasteiger partial charge in [-0.1, -0.05) is 74.3 Å². The van der Waals surface area contributed by atoms with Crippen molar-refractivity contribution in [1.82, 2.24) is 9.88 Å². The molecule has 1 saturated heterocycles. The smallest absolute Gasteiger partial charge is 0.322 e. The van der Waals surface area contributed by atoms with Crippen LogP contribution < -0.4 is 5.32 Å². The molecular weight excluding hydrogens is 521 g/mol. The number of fused-ring (bicyclic) bond motifs is 1. The maximum absolute atomic E-state index is 13.5. The molecule has 2 aromatic heterocycles. The van der Waals surface area contributed by atoms with Gasteiger partial charge >= 0.3 is 6.03 Å². The molecular formula is C30H29Cl2N3O3. The van der Waals surface area contributed by atoms with Crippen LogP contribution in [-0.2, 0) is 0 Å². The molecule has 0 spiro atoms. The molecule has 2 aromatic carbocycles. The third-order valence-electron chi connectivity index (χ3n) is 6.90. The molecule has 1 fully saturated rings. The number of aromatic nitrogens is 1. The second-order valence-corrected chi connectivity index (χ2v) is 11.6. The summed E-state index contributed by atoms with van der Waals surface area (Å²) in [6, 6.07) is 16.6. The lowest BCUT2D eigenvalue weighted by molar-refractivity contribution is 0.0831. The van der Waals surface area contributed by atoms with Gasteiger partial charge in [0.25, 0.3) is 0 Å². The molecule has 2 amide bonds. The first-order valence-corrected chi connectivity index (χ1v) is 13.4. The number of nitrogens with zero attached hydrogens (tertiary/aromatic N) is 2. The Hall–Kier alpha value is -3.35. The van der Waals surface area contributed by atoms with E-state index in [2.05, 4.69) is 5.32 Å². The Kier molecular flexibility index (Phi) is 6.97. The summed E-state index contributed by atoms with van der Waals surface area (Å²) in [7, 11) is 0. The number of anilines is 1. The van der Waals surface area contributed by atoms with Crippen LogP contribution >= 0.6 is 23.2 Å². The van der Waals surface area contributed by atoms with E-state index < -0.39 is 5.41 Å². The molecule has 8 heteroatoms. The average Bonchev–Trinajstić information content (AvgIpc) is 3.46. The maximum Gasteiger partial charge on any atom is 0.322 e. The summed E-state index contributed by atoms with van der Waals surface area (Å²) in [6.45, 7) is 8.14. The van der Waals surface area contributed by atoms with Gasteiger partial charge in [0.1, 0.15) is 5.69 Å². The highest BCUT2D eigenvalue weighted by atomic mass is 35.5. The van der Waals surface area contributed by atoms with E-state index in [-0.39, 0.29) is 29.3 Å². The first-order valence-electron chi connectivity index (χ1n) is 12.7. The molecule has 38 heavy (non-hydrogen) atoms. The topological polar surface area (TPSA) is 75.4 Å². The SMILES string of the molecule is C[C@@H]1CCCN1C(=O)Nc1c(C(=O)C(C)(C)C)oc2nc(-c3ccccc3Cl)c(-c3ccc(Cl)cc3)cc12. The van der Waals surface area contributed by atoms with Crippen molar-refractivity contribution in [3.63, 3.8) is 0 Å². The molecule has 0 unspecified atom stereocenters. The highest BCUT2D eigenvalue weighted by molar-refractivity contribution is 6.33. The van der Waals surface area contributed by atoms with Gasteiger partial charge in [-0.05, 0) is 49.6 Å². The first-order chi connectivity index (χ1) is 18.0. The van der Waals surface area contributed by atoms with Crippen LogP contribution in [0.1, 0.15) is 51.1 Å². The molecule has 5 rings (SSSR count). The van der Waals surface area contributed by atoms with E-state index in [9.17, 15) is 9.59 Å². The number of ketones is 1. The molecule has 0 aliphatic carbocycles. The van der Waals surface area contributed by atoms with Crippen molar-refractivity contribution < 1.29 is 14.0 Å². The van der Waals surface area contributed by atoms with Crippen molar-refractivity contribution in [3.8, 4) is 22.4 Å². The van der Waals surface area contributed by atoms with Gasteiger partial charge < -0.3 is 14.6 Å². The van der Waals surface area contributed by atoms with Crippen LogP contribution in [-0.4, -0.2) is 34.3 Å². The number of likely N-dealkylation sites (tertiary alicyclic amines) is 1. The second kappa shape index (κ2) is 10.1. The average molecular weight is 550 g/mol. The van der Waals surface area contributed by atoms with Gasteiger partial charge in [-0.3, -0.25) is 4.79 Å².